The predicted octanol–water partition coefficient (Wildman–Crippen LogP) is 2.01. The Morgan fingerprint density at radius 3 is 2.90 bits per heavy atom. The molecule has 0 radical (unpaired) electrons. The van der Waals surface area contributed by atoms with E-state index in [0.29, 0.717) is 25.4 Å². The first-order valence-electron chi connectivity index (χ1n) is 7.01. The summed E-state index contributed by atoms with van der Waals surface area (Å²) in [5.74, 6) is 0.736. The van der Waals surface area contributed by atoms with Crippen LogP contribution in [0.4, 0.5) is 16.3 Å². The zero-order chi connectivity index (χ0) is 14.5. The maximum atomic E-state index is 11.6. The van der Waals surface area contributed by atoms with Crippen molar-refractivity contribution >= 4 is 17.6 Å². The number of pyridine rings is 1. The van der Waals surface area contributed by atoms with Crippen LogP contribution in [0.15, 0.2) is 12.3 Å². The summed E-state index contributed by atoms with van der Waals surface area (Å²) in [5, 5.41) is 3.37. The summed E-state index contributed by atoms with van der Waals surface area (Å²) in [6.45, 7) is 5.59. The summed E-state index contributed by atoms with van der Waals surface area (Å²) in [7, 11) is 0. The topological polar surface area (TPSA) is 80.5 Å². The molecule has 1 amide bonds. The average molecular weight is 278 g/mol. The van der Waals surface area contributed by atoms with E-state index >= 15 is 0 Å². The SMILES string of the molecule is CCOC(=O)N1CCC(Nc2nccc(C)c2N)CC1. The maximum Gasteiger partial charge on any atom is 0.409 e. The number of anilines is 2. The lowest BCUT2D eigenvalue weighted by Crippen LogP contribution is -2.42. The van der Waals surface area contributed by atoms with E-state index in [1.807, 2.05) is 19.9 Å². The minimum atomic E-state index is -0.223. The Labute approximate surface area is 119 Å². The third kappa shape index (κ3) is 3.31. The summed E-state index contributed by atoms with van der Waals surface area (Å²) < 4.78 is 5.00. The van der Waals surface area contributed by atoms with Crippen molar-refractivity contribution in [3.8, 4) is 0 Å². The first-order chi connectivity index (χ1) is 9.61. The first-order valence-corrected chi connectivity index (χ1v) is 7.01. The van der Waals surface area contributed by atoms with E-state index in [9.17, 15) is 4.79 Å². The van der Waals surface area contributed by atoms with Gasteiger partial charge >= 0.3 is 6.09 Å². The lowest BCUT2D eigenvalue weighted by atomic mass is 10.1. The van der Waals surface area contributed by atoms with Crippen molar-refractivity contribution in [3.63, 3.8) is 0 Å². The molecule has 6 heteroatoms. The third-order valence-corrected chi connectivity index (χ3v) is 3.57. The van der Waals surface area contributed by atoms with Gasteiger partial charge in [0.15, 0.2) is 0 Å². The van der Waals surface area contributed by atoms with Gasteiger partial charge in [-0.2, -0.15) is 0 Å². The molecule has 110 valence electrons. The van der Waals surface area contributed by atoms with Gasteiger partial charge in [0.05, 0.1) is 12.3 Å². The largest absolute Gasteiger partial charge is 0.450 e. The molecule has 0 aliphatic carbocycles. The molecule has 2 rings (SSSR count). The Hall–Kier alpha value is -1.98. The molecule has 0 atom stereocenters. The van der Waals surface area contributed by atoms with Crippen LogP contribution in [0.5, 0.6) is 0 Å². The Morgan fingerprint density at radius 2 is 2.25 bits per heavy atom. The Balaban J connectivity index is 1.88. The van der Waals surface area contributed by atoms with E-state index in [-0.39, 0.29) is 12.1 Å². The highest BCUT2D eigenvalue weighted by Crippen LogP contribution is 2.22. The number of carbonyl (C=O) groups excluding carboxylic acids is 1. The number of hydrogen-bond acceptors (Lipinski definition) is 5. The van der Waals surface area contributed by atoms with E-state index in [2.05, 4.69) is 10.3 Å². The van der Waals surface area contributed by atoms with Gasteiger partial charge in [0.2, 0.25) is 0 Å². The second kappa shape index (κ2) is 6.45. The van der Waals surface area contributed by atoms with E-state index in [0.717, 1.165) is 24.2 Å². The quantitative estimate of drug-likeness (QED) is 0.884. The Bertz CT molecular complexity index is 470. The Kier molecular flexibility index (Phi) is 4.65. The molecule has 0 spiro atoms. The van der Waals surface area contributed by atoms with Gasteiger partial charge in [-0.1, -0.05) is 0 Å². The van der Waals surface area contributed by atoms with Crippen molar-refractivity contribution in [2.45, 2.75) is 32.7 Å². The fourth-order valence-electron chi connectivity index (χ4n) is 2.30. The van der Waals surface area contributed by atoms with Gasteiger partial charge in [-0.05, 0) is 38.3 Å². The molecule has 1 fully saturated rings. The number of aromatic nitrogens is 1. The number of amides is 1. The summed E-state index contributed by atoms with van der Waals surface area (Å²) in [5.41, 5.74) is 7.72. The Morgan fingerprint density at radius 1 is 1.55 bits per heavy atom. The molecule has 1 aliphatic rings. The van der Waals surface area contributed by atoms with Crippen LogP contribution in [-0.2, 0) is 4.74 Å². The second-order valence-electron chi connectivity index (χ2n) is 4.99. The van der Waals surface area contributed by atoms with Crippen LogP contribution in [-0.4, -0.2) is 41.7 Å². The molecule has 2 heterocycles. The molecule has 0 saturated carbocycles. The predicted molar refractivity (Wildman–Crippen MR) is 78.6 cm³/mol. The van der Waals surface area contributed by atoms with E-state index < -0.39 is 0 Å². The molecular formula is C14H22N4O2. The van der Waals surface area contributed by atoms with Crippen LogP contribution < -0.4 is 11.1 Å². The van der Waals surface area contributed by atoms with Gasteiger partial charge in [-0.3, -0.25) is 0 Å². The summed E-state index contributed by atoms with van der Waals surface area (Å²) in [4.78, 5) is 17.6. The lowest BCUT2D eigenvalue weighted by Gasteiger charge is -2.32. The van der Waals surface area contributed by atoms with Crippen molar-refractivity contribution in [2.75, 3.05) is 30.7 Å². The van der Waals surface area contributed by atoms with Crippen LogP contribution in [0.2, 0.25) is 0 Å². The molecule has 0 aromatic carbocycles. The van der Waals surface area contributed by atoms with Crippen molar-refractivity contribution in [1.82, 2.24) is 9.88 Å². The van der Waals surface area contributed by atoms with Crippen molar-refractivity contribution in [2.24, 2.45) is 0 Å². The molecule has 1 aromatic rings. The van der Waals surface area contributed by atoms with E-state index in [1.54, 1.807) is 11.1 Å². The molecule has 3 N–H and O–H groups in total. The standard InChI is InChI=1S/C14H22N4O2/c1-3-20-14(19)18-8-5-11(6-9-18)17-13-12(15)10(2)4-7-16-13/h4,7,11H,3,5-6,8-9,15H2,1-2H3,(H,16,17). The van der Waals surface area contributed by atoms with Gasteiger partial charge in [-0.25, -0.2) is 9.78 Å². The minimum Gasteiger partial charge on any atom is -0.450 e. The highest BCUT2D eigenvalue weighted by Gasteiger charge is 2.24. The number of hydrogen-bond donors (Lipinski definition) is 2. The van der Waals surface area contributed by atoms with Crippen LogP contribution in [0, 0.1) is 6.92 Å². The smallest absolute Gasteiger partial charge is 0.409 e. The summed E-state index contributed by atoms with van der Waals surface area (Å²) >= 11 is 0. The molecule has 1 aromatic heterocycles. The molecule has 1 aliphatic heterocycles. The number of ether oxygens (including phenoxy) is 1. The number of carbonyl (C=O) groups is 1. The van der Waals surface area contributed by atoms with Crippen LogP contribution in [0.3, 0.4) is 0 Å². The van der Waals surface area contributed by atoms with Crippen LogP contribution >= 0.6 is 0 Å². The second-order valence-corrected chi connectivity index (χ2v) is 4.99. The number of nitrogens with two attached hydrogens (primary N) is 1. The average Bonchev–Trinajstić information content (AvgIpc) is 2.45. The molecule has 0 bridgehead atoms. The van der Waals surface area contributed by atoms with Crippen LogP contribution in [0.1, 0.15) is 25.3 Å². The fraction of sp³-hybridized carbons (Fsp3) is 0.571. The van der Waals surface area contributed by atoms with Crippen LogP contribution in [0.25, 0.3) is 0 Å². The number of likely N-dealkylation sites (tertiary alicyclic amines) is 1. The number of nitrogens with one attached hydrogen (secondary N) is 1. The molecule has 6 nitrogen and oxygen atoms in total. The number of piperidine rings is 1. The van der Waals surface area contributed by atoms with Gasteiger partial charge in [-0.15, -0.1) is 0 Å². The number of nitrogen functional groups attached to an aromatic ring is 1. The van der Waals surface area contributed by atoms with Gasteiger partial charge < -0.3 is 20.7 Å². The van der Waals surface area contributed by atoms with E-state index in [1.165, 1.54) is 0 Å². The van der Waals surface area contributed by atoms with Crippen molar-refractivity contribution in [1.29, 1.82) is 0 Å². The van der Waals surface area contributed by atoms with Crippen molar-refractivity contribution < 1.29 is 9.53 Å². The highest BCUT2D eigenvalue weighted by atomic mass is 16.6. The molecular weight excluding hydrogens is 256 g/mol. The summed E-state index contributed by atoms with van der Waals surface area (Å²) in [6.07, 6.45) is 3.27. The molecule has 1 saturated heterocycles. The minimum absolute atomic E-state index is 0.223. The normalized spacial score (nSPS) is 16.0. The number of rotatable bonds is 3. The van der Waals surface area contributed by atoms with Gasteiger partial charge in [0.1, 0.15) is 5.82 Å². The lowest BCUT2D eigenvalue weighted by molar-refractivity contribution is 0.0983. The maximum absolute atomic E-state index is 11.6. The highest BCUT2D eigenvalue weighted by molar-refractivity contribution is 5.68. The van der Waals surface area contributed by atoms with Gasteiger partial charge in [0.25, 0.3) is 0 Å². The zero-order valence-electron chi connectivity index (χ0n) is 12.1. The first kappa shape index (κ1) is 14.4. The van der Waals surface area contributed by atoms with Gasteiger partial charge in [0, 0.05) is 25.3 Å². The summed E-state index contributed by atoms with van der Waals surface area (Å²) in [6, 6.07) is 2.18. The third-order valence-electron chi connectivity index (χ3n) is 3.57. The number of nitrogens with zero attached hydrogens (tertiary/aromatic N) is 2. The number of aryl methyl sites for hydroxylation is 1. The monoisotopic (exact) mass is 278 g/mol. The molecule has 20 heavy (non-hydrogen) atoms. The molecule has 0 unspecified atom stereocenters. The zero-order valence-corrected chi connectivity index (χ0v) is 12.1. The van der Waals surface area contributed by atoms with Crippen molar-refractivity contribution in [3.05, 3.63) is 17.8 Å². The fourth-order valence-corrected chi connectivity index (χ4v) is 2.30. The van der Waals surface area contributed by atoms with E-state index in [4.69, 9.17) is 10.5 Å².